The highest BCUT2D eigenvalue weighted by molar-refractivity contribution is 7.92. The third kappa shape index (κ3) is 3.19. The molecule has 0 atom stereocenters. The quantitative estimate of drug-likeness (QED) is 0.788. The molecule has 0 saturated carbocycles. The van der Waals surface area contributed by atoms with Crippen LogP contribution < -0.4 is 4.72 Å². The van der Waals surface area contributed by atoms with E-state index in [1.54, 1.807) is 18.5 Å². The zero-order valence-corrected chi connectivity index (χ0v) is 12.8. The molecule has 0 unspecified atom stereocenters. The van der Waals surface area contributed by atoms with Crippen molar-refractivity contribution in [3.05, 3.63) is 60.7 Å². The molecule has 0 amide bonds. The van der Waals surface area contributed by atoms with Crippen LogP contribution in [0, 0.1) is 12.7 Å². The summed E-state index contributed by atoms with van der Waals surface area (Å²) in [5.74, 6) is -0.734. The molecule has 3 aromatic heterocycles. The van der Waals surface area contributed by atoms with Gasteiger partial charge >= 0.3 is 0 Å². The van der Waals surface area contributed by atoms with Crippen molar-refractivity contribution in [2.24, 2.45) is 0 Å². The van der Waals surface area contributed by atoms with E-state index in [-0.39, 0.29) is 10.6 Å². The smallest absolute Gasteiger partial charge is 0.263 e. The van der Waals surface area contributed by atoms with Crippen molar-refractivity contribution < 1.29 is 12.8 Å². The van der Waals surface area contributed by atoms with E-state index in [9.17, 15) is 12.8 Å². The molecule has 0 aromatic carbocycles. The van der Waals surface area contributed by atoms with Crippen LogP contribution in [-0.4, -0.2) is 28.2 Å². The minimum absolute atomic E-state index is 0.222. The minimum Gasteiger partial charge on any atom is -0.276 e. The number of halogens is 1. The number of hydrogen-bond donors (Lipinski definition) is 1. The molecule has 3 aromatic rings. The number of sulfonamides is 1. The summed E-state index contributed by atoms with van der Waals surface area (Å²) in [6.07, 6.45) is 8.27. The molecule has 23 heavy (non-hydrogen) atoms. The zero-order chi connectivity index (χ0) is 16.4. The van der Waals surface area contributed by atoms with Crippen LogP contribution in [-0.2, 0) is 10.0 Å². The van der Waals surface area contributed by atoms with Gasteiger partial charge in [0.1, 0.15) is 10.7 Å². The fraction of sp³-hybridized carbons (Fsp3) is 0.0714. The fourth-order valence-corrected chi connectivity index (χ4v) is 2.99. The third-order valence-electron chi connectivity index (χ3n) is 2.99. The first-order valence-electron chi connectivity index (χ1n) is 6.55. The summed E-state index contributed by atoms with van der Waals surface area (Å²) in [5, 5.41) is 4.15. The molecule has 0 bridgehead atoms. The summed E-state index contributed by atoms with van der Waals surface area (Å²) in [7, 11) is -3.99. The van der Waals surface area contributed by atoms with Crippen molar-refractivity contribution in [3.8, 4) is 5.69 Å². The second-order valence-corrected chi connectivity index (χ2v) is 6.48. The molecule has 0 aliphatic heterocycles. The molecule has 3 heterocycles. The number of aryl methyl sites for hydroxylation is 1. The summed E-state index contributed by atoms with van der Waals surface area (Å²) in [6.45, 7) is 1.87. The largest absolute Gasteiger partial charge is 0.276 e. The van der Waals surface area contributed by atoms with Crippen molar-refractivity contribution in [1.82, 2.24) is 19.7 Å². The number of anilines is 1. The molecule has 9 heteroatoms. The van der Waals surface area contributed by atoms with Gasteiger partial charge in [0.25, 0.3) is 10.0 Å². The molecule has 0 aliphatic rings. The van der Waals surface area contributed by atoms with Crippen LogP contribution in [0.3, 0.4) is 0 Å². The summed E-state index contributed by atoms with van der Waals surface area (Å²) >= 11 is 0. The van der Waals surface area contributed by atoms with Crippen LogP contribution in [0.4, 0.5) is 10.1 Å². The maximum absolute atomic E-state index is 13.2. The van der Waals surface area contributed by atoms with Crippen LogP contribution in [0.15, 0.2) is 54.2 Å². The fourth-order valence-electron chi connectivity index (χ4n) is 1.95. The first kappa shape index (κ1) is 15.1. The van der Waals surface area contributed by atoms with Crippen LogP contribution in [0.2, 0.25) is 0 Å². The summed E-state index contributed by atoms with van der Waals surface area (Å²) in [4.78, 5) is 7.19. The Morgan fingerprint density at radius 1 is 1.17 bits per heavy atom. The highest BCUT2D eigenvalue weighted by atomic mass is 32.2. The van der Waals surface area contributed by atoms with E-state index < -0.39 is 15.8 Å². The molecule has 0 saturated heterocycles. The molecule has 1 N–H and O–H groups in total. The predicted molar refractivity (Wildman–Crippen MR) is 81.1 cm³/mol. The SMILES string of the molecule is Cc1cnn(-c2ccncc2NS(=O)(=O)c2cncc(F)c2)c1. The highest BCUT2D eigenvalue weighted by Gasteiger charge is 2.18. The molecule has 0 radical (unpaired) electrons. The van der Waals surface area contributed by atoms with E-state index in [0.717, 1.165) is 24.0 Å². The first-order chi connectivity index (χ1) is 11.0. The Bertz CT molecular complexity index is 955. The maximum Gasteiger partial charge on any atom is 0.263 e. The lowest BCUT2D eigenvalue weighted by Gasteiger charge is -2.12. The van der Waals surface area contributed by atoms with E-state index in [0.29, 0.717) is 5.69 Å². The Morgan fingerprint density at radius 3 is 2.70 bits per heavy atom. The monoisotopic (exact) mass is 333 g/mol. The molecule has 0 aliphatic carbocycles. The van der Waals surface area contributed by atoms with Gasteiger partial charge in [-0.1, -0.05) is 0 Å². The predicted octanol–water partition coefficient (Wildman–Crippen LogP) is 1.91. The normalized spacial score (nSPS) is 11.4. The van der Waals surface area contributed by atoms with E-state index in [4.69, 9.17) is 0 Å². The molecule has 7 nitrogen and oxygen atoms in total. The van der Waals surface area contributed by atoms with Crippen molar-refractivity contribution >= 4 is 15.7 Å². The minimum atomic E-state index is -3.99. The van der Waals surface area contributed by atoms with Crippen LogP contribution in [0.1, 0.15) is 5.56 Å². The standard InChI is InChI=1S/C14H12FN5O2S/c1-10-5-18-20(9-10)14-2-3-16-8-13(14)19-23(21,22)12-4-11(15)6-17-7-12/h2-9,19H,1H3. The van der Waals surface area contributed by atoms with Gasteiger partial charge in [0.2, 0.25) is 0 Å². The van der Waals surface area contributed by atoms with Gasteiger partial charge < -0.3 is 0 Å². The number of aromatic nitrogens is 4. The van der Waals surface area contributed by atoms with E-state index in [1.807, 2.05) is 6.92 Å². The van der Waals surface area contributed by atoms with Crippen molar-refractivity contribution in [2.75, 3.05) is 4.72 Å². The van der Waals surface area contributed by atoms with Crippen molar-refractivity contribution in [2.45, 2.75) is 11.8 Å². The average molecular weight is 333 g/mol. The summed E-state index contributed by atoms with van der Waals surface area (Å²) in [6, 6.07) is 2.51. The lowest BCUT2D eigenvalue weighted by Crippen LogP contribution is -2.15. The van der Waals surface area contributed by atoms with E-state index in [1.165, 1.54) is 17.1 Å². The third-order valence-corrected chi connectivity index (χ3v) is 4.32. The van der Waals surface area contributed by atoms with Gasteiger partial charge in [-0.05, 0) is 24.6 Å². The Morgan fingerprint density at radius 2 is 2.00 bits per heavy atom. The lowest BCUT2D eigenvalue weighted by molar-refractivity contribution is 0.592. The van der Waals surface area contributed by atoms with Crippen LogP contribution in [0.25, 0.3) is 5.69 Å². The van der Waals surface area contributed by atoms with Gasteiger partial charge in [-0.15, -0.1) is 0 Å². The van der Waals surface area contributed by atoms with Gasteiger partial charge in [-0.3, -0.25) is 14.7 Å². The molecule has 3 rings (SSSR count). The van der Waals surface area contributed by atoms with Gasteiger partial charge in [0, 0.05) is 18.6 Å². The van der Waals surface area contributed by atoms with E-state index in [2.05, 4.69) is 19.8 Å². The Kier molecular flexibility index (Phi) is 3.78. The summed E-state index contributed by atoms with van der Waals surface area (Å²) < 4.78 is 41.8. The van der Waals surface area contributed by atoms with Gasteiger partial charge in [-0.2, -0.15) is 5.10 Å². The number of hydrogen-bond acceptors (Lipinski definition) is 5. The summed E-state index contributed by atoms with van der Waals surface area (Å²) in [5.41, 5.74) is 1.64. The number of nitrogens with one attached hydrogen (secondary N) is 1. The average Bonchev–Trinajstić information content (AvgIpc) is 2.94. The van der Waals surface area contributed by atoms with Crippen molar-refractivity contribution in [1.29, 1.82) is 0 Å². The van der Waals surface area contributed by atoms with Gasteiger partial charge in [0.15, 0.2) is 0 Å². The zero-order valence-electron chi connectivity index (χ0n) is 12.0. The molecule has 0 spiro atoms. The van der Waals surface area contributed by atoms with Crippen LogP contribution >= 0.6 is 0 Å². The van der Waals surface area contributed by atoms with Gasteiger partial charge in [0.05, 0.1) is 30.0 Å². The van der Waals surface area contributed by atoms with E-state index >= 15 is 0 Å². The second-order valence-electron chi connectivity index (χ2n) is 4.80. The Hall–Kier alpha value is -2.81. The second kappa shape index (κ2) is 5.76. The first-order valence-corrected chi connectivity index (χ1v) is 8.03. The van der Waals surface area contributed by atoms with Gasteiger partial charge in [-0.25, -0.2) is 17.5 Å². The molecular formula is C14H12FN5O2S. The number of rotatable bonds is 4. The van der Waals surface area contributed by atoms with Crippen LogP contribution in [0.5, 0.6) is 0 Å². The number of pyridine rings is 2. The lowest BCUT2D eigenvalue weighted by atomic mass is 10.3. The number of nitrogens with zero attached hydrogens (tertiary/aromatic N) is 4. The molecule has 0 fully saturated rings. The highest BCUT2D eigenvalue weighted by Crippen LogP contribution is 2.22. The molecular weight excluding hydrogens is 321 g/mol. The maximum atomic E-state index is 13.2. The van der Waals surface area contributed by atoms with Crippen molar-refractivity contribution in [3.63, 3.8) is 0 Å². The topological polar surface area (TPSA) is 89.8 Å². The Balaban J connectivity index is 2.00. The molecule has 118 valence electrons. The Labute approximate surface area is 131 Å².